The fourth-order valence-corrected chi connectivity index (χ4v) is 3.31. The summed E-state index contributed by atoms with van der Waals surface area (Å²) in [5, 5.41) is -0.306. The van der Waals surface area contributed by atoms with E-state index in [4.69, 9.17) is 23.2 Å². The van der Waals surface area contributed by atoms with Crippen LogP contribution in [0.3, 0.4) is 0 Å². The highest BCUT2D eigenvalue weighted by Gasteiger charge is 2.49. The van der Waals surface area contributed by atoms with Crippen LogP contribution < -0.4 is 17.4 Å². The van der Waals surface area contributed by atoms with E-state index in [-0.39, 0.29) is 47.3 Å². The van der Waals surface area contributed by atoms with Gasteiger partial charge in [0.1, 0.15) is 0 Å². The number of allylic oxidation sites excluding steroid dienone is 1. The Morgan fingerprint density at radius 2 is 1.67 bits per heavy atom. The summed E-state index contributed by atoms with van der Waals surface area (Å²) >= 11 is 11.9. The molecule has 0 saturated carbocycles. The number of halogens is 3. The third-order valence-electron chi connectivity index (χ3n) is 3.71. The maximum absolute atomic E-state index is 12.5. The Balaban J connectivity index is 0.00000208. The average molecular weight is 387 g/mol. The van der Waals surface area contributed by atoms with Crippen molar-refractivity contribution in [2.24, 2.45) is 0 Å². The monoisotopic (exact) mass is 385 g/mol. The van der Waals surface area contributed by atoms with E-state index in [1.54, 1.807) is 18.2 Å². The molecule has 1 atom stereocenters. The Labute approximate surface area is 153 Å². The molecule has 1 aromatic carbocycles. The third kappa shape index (κ3) is 3.07. The number of ketones is 4. The summed E-state index contributed by atoms with van der Waals surface area (Å²) in [7, 11) is 0. The van der Waals surface area contributed by atoms with Crippen LogP contribution in [-0.4, -0.2) is 33.8 Å². The molecular weight excluding hydrogens is 377 g/mol. The number of hydrogen-bond donors (Lipinski definition) is 1. The van der Waals surface area contributed by atoms with Gasteiger partial charge in [-0.15, -0.1) is 0 Å². The van der Waals surface area contributed by atoms with E-state index in [1.165, 1.54) is 6.07 Å². The Hall–Kier alpha value is -1.82. The molecule has 0 heterocycles. The molecule has 0 bridgehead atoms. The van der Waals surface area contributed by atoms with Gasteiger partial charge in [-0.3, -0.25) is 19.2 Å². The minimum atomic E-state index is -1.85. The lowest BCUT2D eigenvalue weighted by Crippen LogP contribution is -3.00. The highest BCUT2D eigenvalue weighted by molar-refractivity contribution is 6.53. The summed E-state index contributed by atoms with van der Waals surface area (Å²) in [6.07, 6.45) is 0.434. The highest BCUT2D eigenvalue weighted by atomic mass is 35.5. The predicted octanol–water partition coefficient (Wildman–Crippen LogP) is -2.42. The zero-order valence-corrected chi connectivity index (χ0v) is 14.3. The van der Waals surface area contributed by atoms with Crippen molar-refractivity contribution in [3.05, 3.63) is 46.5 Å². The maximum atomic E-state index is 12.5. The van der Waals surface area contributed by atoms with Crippen LogP contribution in [0, 0.1) is 0 Å². The summed E-state index contributed by atoms with van der Waals surface area (Å²) < 4.78 is 0. The van der Waals surface area contributed by atoms with Gasteiger partial charge < -0.3 is 12.4 Å². The van der Waals surface area contributed by atoms with E-state index in [2.05, 4.69) is 4.99 Å². The topological polar surface area (TPSA) is 82.2 Å². The van der Waals surface area contributed by atoms with Crippen LogP contribution in [0.2, 0.25) is 0 Å². The smallest absolute Gasteiger partial charge is 0.307 e. The van der Waals surface area contributed by atoms with Crippen molar-refractivity contribution < 1.29 is 36.6 Å². The summed E-state index contributed by atoms with van der Waals surface area (Å²) in [5.74, 6) is -1.83. The molecule has 2 aliphatic rings. The van der Waals surface area contributed by atoms with Crippen LogP contribution in [0.1, 0.15) is 33.6 Å². The lowest BCUT2D eigenvalue weighted by Gasteiger charge is -2.20. The molecule has 124 valence electrons. The number of alkyl halides is 1. The number of benzene rings is 1. The molecule has 0 fully saturated rings. The second kappa shape index (κ2) is 6.59. The molecule has 8 heteroatoms. The first kappa shape index (κ1) is 18.5. The van der Waals surface area contributed by atoms with Crippen LogP contribution >= 0.6 is 23.2 Å². The molecule has 2 aliphatic carbocycles. The lowest BCUT2D eigenvalue weighted by molar-refractivity contribution is -0.504. The van der Waals surface area contributed by atoms with Gasteiger partial charge in [0, 0.05) is 17.2 Å². The second-order valence-electron chi connectivity index (χ2n) is 5.34. The zero-order chi connectivity index (χ0) is 16.8. The number of nitrogens with one attached hydrogen (secondary N) is 1. The predicted molar refractivity (Wildman–Crippen MR) is 82.8 cm³/mol. The van der Waals surface area contributed by atoms with E-state index in [0.717, 1.165) is 6.08 Å². The molecule has 24 heavy (non-hydrogen) atoms. The maximum Gasteiger partial charge on any atom is 0.307 e. The molecule has 0 radical (unpaired) electrons. The third-order valence-corrected chi connectivity index (χ3v) is 4.40. The van der Waals surface area contributed by atoms with Crippen molar-refractivity contribution in [1.82, 2.24) is 0 Å². The van der Waals surface area contributed by atoms with Gasteiger partial charge in [0.05, 0.1) is 17.9 Å². The van der Waals surface area contributed by atoms with E-state index >= 15 is 0 Å². The molecule has 0 aliphatic heterocycles. The van der Waals surface area contributed by atoms with Gasteiger partial charge in [-0.25, -0.2) is 4.99 Å². The molecule has 1 N–H and O–H groups in total. The van der Waals surface area contributed by atoms with Crippen LogP contribution in [0.5, 0.6) is 0 Å². The molecule has 0 spiro atoms. The van der Waals surface area contributed by atoms with Crippen molar-refractivity contribution in [3.63, 3.8) is 0 Å². The molecule has 0 aromatic heterocycles. The van der Waals surface area contributed by atoms with Gasteiger partial charge in [0.25, 0.3) is 11.6 Å². The number of rotatable bonds is 1. The van der Waals surface area contributed by atoms with Gasteiger partial charge in [-0.05, 0) is 11.6 Å². The van der Waals surface area contributed by atoms with Gasteiger partial charge >= 0.3 is 5.00 Å². The van der Waals surface area contributed by atoms with Crippen LogP contribution in [0.25, 0.3) is 0 Å². The highest BCUT2D eigenvalue weighted by Crippen LogP contribution is 2.25. The van der Waals surface area contributed by atoms with Crippen molar-refractivity contribution in [3.8, 4) is 0 Å². The number of fused-ring (bicyclic) bond motifs is 1. The van der Waals surface area contributed by atoms with Gasteiger partial charge in [-0.1, -0.05) is 35.9 Å². The van der Waals surface area contributed by atoms with E-state index < -0.39 is 22.3 Å². The first-order chi connectivity index (χ1) is 10.8. The average Bonchev–Trinajstić information content (AvgIpc) is 2.50. The standard InChI is InChI=1S/C16H9Cl2NO4.ClH/c17-11-5-8(20)7-16(18,15(11)23)19-12-6-13(21)9-3-1-2-4-10(9)14(12)22;/h1-5H,6-7H2;1H. The molecule has 0 amide bonds. The molecule has 1 unspecified atom stereocenters. The quantitative estimate of drug-likeness (QED) is 0.430. The van der Waals surface area contributed by atoms with Gasteiger partial charge in [0.15, 0.2) is 11.6 Å². The SMILES string of the molecule is O=C1C=C(Cl)C(=O)C(Cl)([NH+]=C2CC(=O)c3ccccc3C2=O)C1.[Cl-]. The minimum Gasteiger partial charge on any atom is -1.00 e. The summed E-state index contributed by atoms with van der Waals surface area (Å²) in [6, 6.07) is 6.40. The summed E-state index contributed by atoms with van der Waals surface area (Å²) in [6.45, 7) is 0. The molecule has 1 aromatic rings. The van der Waals surface area contributed by atoms with Crippen molar-refractivity contribution >= 4 is 52.0 Å². The first-order valence-corrected chi connectivity index (χ1v) is 7.52. The molecule has 3 rings (SSSR count). The van der Waals surface area contributed by atoms with Gasteiger partial charge in [-0.2, -0.15) is 0 Å². The Bertz CT molecular complexity index is 843. The Morgan fingerprint density at radius 1 is 1.04 bits per heavy atom. The second-order valence-corrected chi connectivity index (χ2v) is 6.40. The number of Topliss-reactive ketones (excluding diaryl/α,β-unsaturated/α-hetero) is 3. The van der Waals surface area contributed by atoms with Gasteiger partial charge in [0.2, 0.25) is 5.71 Å². The fourth-order valence-electron chi connectivity index (χ4n) is 2.63. The number of carbonyl (C=O) groups excluding carboxylic acids is 4. The van der Waals surface area contributed by atoms with Crippen molar-refractivity contribution in [1.29, 1.82) is 0 Å². The summed E-state index contributed by atoms with van der Waals surface area (Å²) in [4.78, 5) is 49.1. The fraction of sp³-hybridized carbons (Fsp3) is 0.188. The normalized spacial score (nSPS) is 25.2. The van der Waals surface area contributed by atoms with E-state index in [9.17, 15) is 19.2 Å². The van der Waals surface area contributed by atoms with E-state index in [0.29, 0.717) is 5.56 Å². The first-order valence-electron chi connectivity index (χ1n) is 6.76. The minimum absolute atomic E-state index is 0. The number of hydrogen-bond acceptors (Lipinski definition) is 4. The number of carbonyl (C=O) groups is 4. The van der Waals surface area contributed by atoms with Crippen LogP contribution in [0.4, 0.5) is 0 Å². The Morgan fingerprint density at radius 3 is 2.33 bits per heavy atom. The van der Waals surface area contributed by atoms with Crippen LogP contribution in [0.15, 0.2) is 35.4 Å². The van der Waals surface area contributed by atoms with Crippen LogP contribution in [-0.2, 0) is 9.59 Å². The molecular formula is C16H10Cl3NO4. The lowest BCUT2D eigenvalue weighted by atomic mass is 9.87. The van der Waals surface area contributed by atoms with Crippen molar-refractivity contribution in [2.45, 2.75) is 17.8 Å². The van der Waals surface area contributed by atoms with E-state index in [1.807, 2.05) is 0 Å². The van der Waals surface area contributed by atoms with Crippen molar-refractivity contribution in [2.75, 3.05) is 0 Å². The largest absolute Gasteiger partial charge is 1.00 e. The molecule has 5 nitrogen and oxygen atoms in total. The summed E-state index contributed by atoms with van der Waals surface area (Å²) in [5.41, 5.74) is 0.551. The zero-order valence-electron chi connectivity index (χ0n) is 12.1. The molecule has 0 saturated heterocycles. The Kier molecular flexibility index (Phi) is 5.08.